The largest absolute Gasteiger partial charge is 0.306 e. The quantitative estimate of drug-likeness (QED) is 0.520. The summed E-state index contributed by atoms with van der Waals surface area (Å²) in [5.74, 6) is -0.331. The summed E-state index contributed by atoms with van der Waals surface area (Å²) in [4.78, 5) is 41.3. The lowest BCUT2D eigenvalue weighted by Crippen LogP contribution is -2.19. The number of aromatic amines is 1. The summed E-state index contributed by atoms with van der Waals surface area (Å²) in [6.45, 7) is 3.34. The number of nitrogens with one attached hydrogen (secondary N) is 2. The average molecular weight is 389 g/mol. The van der Waals surface area contributed by atoms with Crippen molar-refractivity contribution >= 4 is 29.0 Å². The lowest BCUT2D eigenvalue weighted by molar-refractivity contribution is -0.384. The molecule has 0 spiro atoms. The van der Waals surface area contributed by atoms with Gasteiger partial charge in [-0.1, -0.05) is 11.6 Å². The number of hydrogen-bond acceptors (Lipinski definition) is 6. The van der Waals surface area contributed by atoms with E-state index in [1.165, 1.54) is 22.9 Å². The van der Waals surface area contributed by atoms with Crippen molar-refractivity contribution in [3.05, 3.63) is 72.8 Å². The lowest BCUT2D eigenvalue weighted by atomic mass is 10.2. The number of carbonyl (C=O) groups excluding carboxylic acids is 1. The van der Waals surface area contributed by atoms with Crippen LogP contribution in [-0.4, -0.2) is 30.6 Å². The highest BCUT2D eigenvalue weighted by atomic mass is 35.5. The molecule has 0 unspecified atom stereocenters. The van der Waals surface area contributed by atoms with Crippen LogP contribution < -0.4 is 10.9 Å². The summed E-state index contributed by atoms with van der Waals surface area (Å²) in [5.41, 5.74) is 0.325. The minimum atomic E-state index is -0.667. The Labute approximate surface area is 157 Å². The van der Waals surface area contributed by atoms with Gasteiger partial charge in [-0.3, -0.25) is 24.7 Å². The molecular weight excluding hydrogens is 376 g/mol. The van der Waals surface area contributed by atoms with E-state index in [1.54, 1.807) is 19.9 Å². The molecule has 3 aromatic rings. The molecule has 0 aliphatic carbocycles. The Bertz CT molecular complexity index is 1120. The van der Waals surface area contributed by atoms with Gasteiger partial charge in [0.25, 0.3) is 17.2 Å². The van der Waals surface area contributed by atoms with Crippen LogP contribution in [-0.2, 0) is 0 Å². The topological polar surface area (TPSA) is 136 Å². The molecule has 11 heteroatoms. The number of H-pyrrole nitrogens is 1. The van der Waals surface area contributed by atoms with E-state index in [0.29, 0.717) is 11.4 Å². The van der Waals surface area contributed by atoms with E-state index < -0.39 is 10.8 Å². The van der Waals surface area contributed by atoms with E-state index in [9.17, 15) is 19.7 Å². The minimum Gasteiger partial charge on any atom is -0.306 e. The Hall–Kier alpha value is -3.53. The van der Waals surface area contributed by atoms with Crippen molar-refractivity contribution in [3.8, 4) is 5.95 Å². The summed E-state index contributed by atoms with van der Waals surface area (Å²) in [6, 6.07) is 6.44. The highest BCUT2D eigenvalue weighted by Crippen LogP contribution is 2.23. The van der Waals surface area contributed by atoms with Crippen LogP contribution in [0.15, 0.2) is 35.1 Å². The van der Waals surface area contributed by atoms with Gasteiger partial charge in [-0.2, -0.15) is 9.78 Å². The number of hydrogen-bond donors (Lipinski definition) is 2. The smallest absolute Gasteiger partial charge is 0.270 e. The highest BCUT2D eigenvalue weighted by molar-refractivity contribution is 6.34. The summed E-state index contributed by atoms with van der Waals surface area (Å²) >= 11 is 6.00. The molecule has 0 atom stereocenters. The number of nitrogens with zero attached hydrogens (tertiary/aromatic N) is 4. The van der Waals surface area contributed by atoms with E-state index in [4.69, 9.17) is 11.6 Å². The van der Waals surface area contributed by atoms with Crippen LogP contribution >= 0.6 is 11.6 Å². The number of benzene rings is 1. The Morgan fingerprint density at radius 1 is 1.26 bits per heavy atom. The van der Waals surface area contributed by atoms with Crippen LogP contribution in [0.25, 0.3) is 5.95 Å². The molecule has 0 aliphatic heterocycles. The molecule has 2 aromatic heterocycles. The molecule has 138 valence electrons. The molecule has 0 aliphatic rings. The molecule has 0 radical (unpaired) electrons. The van der Waals surface area contributed by atoms with Crippen LogP contribution in [0, 0.1) is 24.0 Å². The first-order chi connectivity index (χ1) is 12.7. The molecule has 27 heavy (non-hydrogen) atoms. The maximum atomic E-state index is 12.6. The van der Waals surface area contributed by atoms with E-state index in [2.05, 4.69) is 20.4 Å². The van der Waals surface area contributed by atoms with Gasteiger partial charge in [0.1, 0.15) is 5.82 Å². The second kappa shape index (κ2) is 7.00. The molecule has 1 amide bonds. The standard InChI is InChI=1S/C16H13ClN6O4/c1-8-6-14(24)20-16(18-8)22-13(5-9(2)21-22)19-15(25)11-7-10(23(26)27)3-4-12(11)17/h3-7H,1-2H3,(H,19,25)(H,18,20,24). The van der Waals surface area contributed by atoms with Gasteiger partial charge in [0.05, 0.1) is 21.2 Å². The van der Waals surface area contributed by atoms with E-state index in [-0.39, 0.29) is 33.6 Å². The van der Waals surface area contributed by atoms with Gasteiger partial charge in [-0.05, 0) is 19.9 Å². The summed E-state index contributed by atoms with van der Waals surface area (Å²) in [5, 5.41) is 17.8. The molecule has 0 fully saturated rings. The summed E-state index contributed by atoms with van der Waals surface area (Å²) in [6.07, 6.45) is 0. The van der Waals surface area contributed by atoms with Gasteiger partial charge in [0.2, 0.25) is 5.95 Å². The molecule has 0 saturated carbocycles. The number of rotatable bonds is 4. The maximum absolute atomic E-state index is 12.6. The fraction of sp³-hybridized carbons (Fsp3) is 0.125. The Morgan fingerprint density at radius 2 is 2.00 bits per heavy atom. The first-order valence-electron chi connectivity index (χ1n) is 7.65. The molecule has 10 nitrogen and oxygen atoms in total. The first-order valence-corrected chi connectivity index (χ1v) is 8.02. The van der Waals surface area contributed by atoms with E-state index in [1.807, 2.05) is 0 Å². The highest BCUT2D eigenvalue weighted by Gasteiger charge is 2.19. The predicted octanol–water partition coefficient (Wildman–Crippen LogP) is 2.39. The molecule has 0 saturated heterocycles. The van der Waals surface area contributed by atoms with Gasteiger partial charge < -0.3 is 5.32 Å². The Kier molecular flexibility index (Phi) is 4.74. The second-order valence-electron chi connectivity index (χ2n) is 5.67. The average Bonchev–Trinajstić information content (AvgIpc) is 2.94. The number of halogens is 1. The number of anilines is 1. The fourth-order valence-electron chi connectivity index (χ4n) is 2.40. The summed E-state index contributed by atoms with van der Waals surface area (Å²) < 4.78 is 1.26. The SMILES string of the molecule is Cc1cc(=O)[nH]c(-n2nc(C)cc2NC(=O)c2cc([N+](=O)[O-])ccc2Cl)n1. The van der Waals surface area contributed by atoms with Crippen LogP contribution in [0.1, 0.15) is 21.7 Å². The van der Waals surface area contributed by atoms with Crippen molar-refractivity contribution < 1.29 is 9.72 Å². The van der Waals surface area contributed by atoms with Gasteiger partial charge >= 0.3 is 0 Å². The van der Waals surface area contributed by atoms with E-state index in [0.717, 1.165) is 6.07 Å². The number of aromatic nitrogens is 4. The van der Waals surface area contributed by atoms with Gasteiger partial charge in [-0.15, -0.1) is 0 Å². The zero-order valence-electron chi connectivity index (χ0n) is 14.2. The zero-order valence-corrected chi connectivity index (χ0v) is 14.9. The van der Waals surface area contributed by atoms with Crippen molar-refractivity contribution in [1.82, 2.24) is 19.7 Å². The third-order valence-electron chi connectivity index (χ3n) is 3.54. The van der Waals surface area contributed by atoms with Crippen LogP contribution in [0.4, 0.5) is 11.5 Å². The summed E-state index contributed by atoms with van der Waals surface area (Å²) in [7, 11) is 0. The van der Waals surface area contributed by atoms with Crippen molar-refractivity contribution in [2.75, 3.05) is 5.32 Å². The Balaban J connectivity index is 2.00. The number of nitro benzene ring substituents is 1. The van der Waals surface area contributed by atoms with Gasteiger partial charge in [0.15, 0.2) is 0 Å². The number of amides is 1. The third kappa shape index (κ3) is 3.85. The van der Waals surface area contributed by atoms with Crippen molar-refractivity contribution in [1.29, 1.82) is 0 Å². The molecule has 2 N–H and O–H groups in total. The molecule has 2 heterocycles. The Morgan fingerprint density at radius 3 is 2.67 bits per heavy atom. The van der Waals surface area contributed by atoms with E-state index >= 15 is 0 Å². The fourth-order valence-corrected chi connectivity index (χ4v) is 2.60. The number of nitro groups is 1. The number of carbonyl (C=O) groups is 1. The van der Waals surface area contributed by atoms with Crippen LogP contribution in [0.2, 0.25) is 5.02 Å². The van der Waals surface area contributed by atoms with Crippen molar-refractivity contribution in [3.63, 3.8) is 0 Å². The van der Waals surface area contributed by atoms with Crippen LogP contribution in [0.3, 0.4) is 0 Å². The second-order valence-corrected chi connectivity index (χ2v) is 6.08. The first kappa shape index (κ1) is 18.3. The molecular formula is C16H13ClN6O4. The normalized spacial score (nSPS) is 10.6. The maximum Gasteiger partial charge on any atom is 0.270 e. The lowest BCUT2D eigenvalue weighted by Gasteiger charge is -2.09. The van der Waals surface area contributed by atoms with Gasteiger partial charge in [-0.25, -0.2) is 4.98 Å². The van der Waals surface area contributed by atoms with Gasteiger partial charge in [0, 0.05) is 30.0 Å². The zero-order chi connectivity index (χ0) is 19.7. The molecule has 0 bridgehead atoms. The molecule has 3 rings (SSSR count). The third-order valence-corrected chi connectivity index (χ3v) is 3.87. The minimum absolute atomic E-state index is 0.0583. The number of aryl methyl sites for hydroxylation is 2. The predicted molar refractivity (Wildman–Crippen MR) is 97.5 cm³/mol. The van der Waals surface area contributed by atoms with Crippen molar-refractivity contribution in [2.45, 2.75) is 13.8 Å². The van der Waals surface area contributed by atoms with Crippen LogP contribution in [0.5, 0.6) is 0 Å². The molecule has 1 aromatic carbocycles. The van der Waals surface area contributed by atoms with Crippen molar-refractivity contribution in [2.24, 2.45) is 0 Å². The monoisotopic (exact) mass is 388 g/mol. The number of non-ortho nitro benzene ring substituents is 1.